The second-order valence-electron chi connectivity index (χ2n) is 8.05. The first-order valence-corrected chi connectivity index (χ1v) is 10.7. The zero-order valence-corrected chi connectivity index (χ0v) is 18.0. The predicted molar refractivity (Wildman–Crippen MR) is 120 cm³/mol. The molecule has 10 heteroatoms. The molecule has 4 heterocycles. The second-order valence-corrected chi connectivity index (χ2v) is 8.05. The number of fused-ring (bicyclic) bond motifs is 2. The number of benzene rings is 2. The highest BCUT2D eigenvalue weighted by Crippen LogP contribution is 2.33. The van der Waals surface area contributed by atoms with E-state index < -0.39 is 0 Å². The quantitative estimate of drug-likeness (QED) is 0.475. The van der Waals surface area contributed by atoms with Crippen LogP contribution in [-0.4, -0.2) is 68.7 Å². The third-order valence-electron chi connectivity index (χ3n) is 5.98. The monoisotopic (exact) mass is 443 g/mol. The molecule has 0 atom stereocenters. The predicted octanol–water partition coefficient (Wildman–Crippen LogP) is 2.21. The molecular formula is C23H21N7O3. The molecule has 2 aliphatic rings. The lowest BCUT2D eigenvalue weighted by Crippen LogP contribution is -2.49. The number of nitrogens with zero attached hydrogens (tertiary/aromatic N) is 7. The number of carbonyl (C=O) groups is 1. The van der Waals surface area contributed by atoms with E-state index in [1.54, 1.807) is 22.9 Å². The Labute approximate surface area is 189 Å². The number of aromatic nitrogens is 5. The Bertz CT molecular complexity index is 1340. The van der Waals surface area contributed by atoms with Gasteiger partial charge in [0.1, 0.15) is 6.33 Å². The van der Waals surface area contributed by atoms with Gasteiger partial charge in [-0.15, -0.1) is 5.10 Å². The van der Waals surface area contributed by atoms with E-state index in [-0.39, 0.29) is 12.7 Å². The maximum Gasteiger partial charge on any atom is 0.254 e. The molecule has 2 aliphatic heterocycles. The molecule has 33 heavy (non-hydrogen) atoms. The maximum atomic E-state index is 13.0. The molecule has 0 bridgehead atoms. The highest BCUT2D eigenvalue weighted by molar-refractivity contribution is 5.95. The van der Waals surface area contributed by atoms with E-state index in [0.717, 1.165) is 11.5 Å². The molecule has 1 amide bonds. The topological polar surface area (TPSA) is 98.5 Å². The van der Waals surface area contributed by atoms with E-state index in [9.17, 15) is 4.79 Å². The molecular weight excluding hydrogens is 422 g/mol. The van der Waals surface area contributed by atoms with Crippen molar-refractivity contribution >= 4 is 22.9 Å². The van der Waals surface area contributed by atoms with Gasteiger partial charge in [0.25, 0.3) is 5.91 Å². The third kappa shape index (κ3) is 3.39. The minimum absolute atomic E-state index is 0.0221. The van der Waals surface area contributed by atoms with Gasteiger partial charge in [0.15, 0.2) is 28.5 Å². The number of hydrogen-bond donors (Lipinski definition) is 0. The molecule has 166 valence electrons. The summed E-state index contributed by atoms with van der Waals surface area (Å²) < 4.78 is 12.5. The Morgan fingerprint density at radius 3 is 2.55 bits per heavy atom. The first kappa shape index (κ1) is 19.5. The Morgan fingerprint density at radius 1 is 0.939 bits per heavy atom. The summed E-state index contributed by atoms with van der Waals surface area (Å²) in [5.41, 5.74) is 3.97. The van der Waals surface area contributed by atoms with E-state index in [0.29, 0.717) is 54.4 Å². The van der Waals surface area contributed by atoms with Crippen LogP contribution in [0.2, 0.25) is 0 Å². The van der Waals surface area contributed by atoms with E-state index >= 15 is 0 Å². The van der Waals surface area contributed by atoms with Crippen LogP contribution in [0.5, 0.6) is 11.5 Å². The van der Waals surface area contributed by atoms with Crippen LogP contribution in [-0.2, 0) is 0 Å². The molecule has 6 rings (SSSR count). The molecule has 0 N–H and O–H groups in total. The van der Waals surface area contributed by atoms with Gasteiger partial charge in [-0.1, -0.05) is 22.9 Å². The number of hydrogen-bond acceptors (Lipinski definition) is 8. The fraction of sp³-hybridized carbons (Fsp3) is 0.261. The van der Waals surface area contributed by atoms with Gasteiger partial charge in [-0.25, -0.2) is 9.97 Å². The molecule has 2 aromatic heterocycles. The lowest BCUT2D eigenvalue weighted by Gasteiger charge is -2.35. The Hall–Kier alpha value is -4.21. The molecule has 10 nitrogen and oxygen atoms in total. The van der Waals surface area contributed by atoms with E-state index in [2.05, 4.69) is 25.2 Å². The van der Waals surface area contributed by atoms with Crippen molar-refractivity contribution in [1.82, 2.24) is 29.9 Å². The Morgan fingerprint density at radius 2 is 1.73 bits per heavy atom. The smallest absolute Gasteiger partial charge is 0.254 e. The van der Waals surface area contributed by atoms with Gasteiger partial charge in [-0.2, -0.15) is 4.68 Å². The highest BCUT2D eigenvalue weighted by atomic mass is 16.7. The van der Waals surface area contributed by atoms with Gasteiger partial charge >= 0.3 is 0 Å². The van der Waals surface area contributed by atoms with Gasteiger partial charge in [-0.3, -0.25) is 4.79 Å². The number of piperazine rings is 1. The van der Waals surface area contributed by atoms with Crippen molar-refractivity contribution in [2.24, 2.45) is 0 Å². The lowest BCUT2D eigenvalue weighted by molar-refractivity contribution is 0.0746. The van der Waals surface area contributed by atoms with Crippen molar-refractivity contribution in [3.63, 3.8) is 0 Å². The SMILES string of the molecule is Cc1ccc(-n2nnc3c(N4CCN(C(=O)c5ccc6c(c5)OCO6)CC4)ncnc32)cc1. The largest absolute Gasteiger partial charge is 0.454 e. The molecule has 4 aromatic rings. The molecule has 0 unspecified atom stereocenters. The molecule has 0 radical (unpaired) electrons. The van der Waals surface area contributed by atoms with Crippen molar-refractivity contribution in [2.75, 3.05) is 37.9 Å². The molecule has 0 spiro atoms. The molecule has 1 saturated heterocycles. The summed E-state index contributed by atoms with van der Waals surface area (Å²) in [6.45, 7) is 4.66. The minimum atomic E-state index is -0.0221. The van der Waals surface area contributed by atoms with E-state index in [4.69, 9.17) is 9.47 Å². The fourth-order valence-electron chi connectivity index (χ4n) is 4.16. The van der Waals surface area contributed by atoms with Crippen LogP contribution < -0.4 is 14.4 Å². The van der Waals surface area contributed by atoms with Gasteiger partial charge in [-0.05, 0) is 37.3 Å². The van der Waals surface area contributed by atoms with Crippen LogP contribution in [0, 0.1) is 6.92 Å². The average Bonchev–Trinajstić information content (AvgIpc) is 3.51. The molecule has 0 saturated carbocycles. The van der Waals surface area contributed by atoms with Crippen molar-refractivity contribution in [3.8, 4) is 17.2 Å². The van der Waals surface area contributed by atoms with Crippen molar-refractivity contribution < 1.29 is 14.3 Å². The normalized spacial score (nSPS) is 15.3. The number of rotatable bonds is 3. The van der Waals surface area contributed by atoms with Gasteiger partial charge in [0.2, 0.25) is 6.79 Å². The van der Waals surface area contributed by atoms with Gasteiger partial charge in [0.05, 0.1) is 5.69 Å². The Kier molecular flexibility index (Phi) is 4.56. The lowest BCUT2D eigenvalue weighted by atomic mass is 10.1. The third-order valence-corrected chi connectivity index (χ3v) is 5.98. The first-order valence-electron chi connectivity index (χ1n) is 10.7. The van der Waals surface area contributed by atoms with Gasteiger partial charge in [0, 0.05) is 31.7 Å². The fourth-order valence-corrected chi connectivity index (χ4v) is 4.16. The molecule has 2 aromatic carbocycles. The van der Waals surface area contributed by atoms with Crippen LogP contribution in [0.4, 0.5) is 5.82 Å². The summed E-state index contributed by atoms with van der Waals surface area (Å²) in [7, 11) is 0. The standard InChI is InChI=1S/C23H21N7O3/c1-15-2-5-17(6-3-15)30-22-20(26-27-30)21(24-13-25-22)28-8-10-29(11-9-28)23(31)16-4-7-18-19(12-16)33-14-32-18/h2-7,12-13H,8-11,14H2,1H3. The van der Waals surface area contributed by atoms with Crippen LogP contribution in [0.1, 0.15) is 15.9 Å². The van der Waals surface area contributed by atoms with E-state index in [1.165, 1.54) is 11.9 Å². The average molecular weight is 443 g/mol. The number of carbonyl (C=O) groups excluding carboxylic acids is 1. The molecule has 0 aliphatic carbocycles. The van der Waals surface area contributed by atoms with Crippen molar-refractivity contribution in [2.45, 2.75) is 6.92 Å². The summed E-state index contributed by atoms with van der Waals surface area (Å²) in [6.07, 6.45) is 1.54. The summed E-state index contributed by atoms with van der Waals surface area (Å²) in [6, 6.07) is 13.3. The first-order chi connectivity index (χ1) is 16.2. The summed E-state index contributed by atoms with van der Waals surface area (Å²) in [5, 5.41) is 8.68. The Balaban J connectivity index is 1.21. The zero-order valence-electron chi connectivity index (χ0n) is 18.0. The number of anilines is 1. The number of ether oxygens (including phenoxy) is 2. The highest BCUT2D eigenvalue weighted by Gasteiger charge is 2.26. The van der Waals surface area contributed by atoms with Crippen LogP contribution in [0.15, 0.2) is 48.8 Å². The van der Waals surface area contributed by atoms with E-state index in [1.807, 2.05) is 36.1 Å². The number of aryl methyl sites for hydroxylation is 1. The summed E-state index contributed by atoms with van der Waals surface area (Å²) >= 11 is 0. The number of amides is 1. The summed E-state index contributed by atoms with van der Waals surface area (Å²) in [5.74, 6) is 1.99. The van der Waals surface area contributed by atoms with Crippen molar-refractivity contribution in [3.05, 3.63) is 59.9 Å². The van der Waals surface area contributed by atoms with Gasteiger partial charge < -0.3 is 19.3 Å². The second kappa shape index (κ2) is 7.73. The van der Waals surface area contributed by atoms with Crippen LogP contribution >= 0.6 is 0 Å². The summed E-state index contributed by atoms with van der Waals surface area (Å²) in [4.78, 5) is 25.9. The minimum Gasteiger partial charge on any atom is -0.454 e. The van der Waals surface area contributed by atoms with Crippen LogP contribution in [0.3, 0.4) is 0 Å². The zero-order chi connectivity index (χ0) is 22.4. The maximum absolute atomic E-state index is 13.0. The van der Waals surface area contributed by atoms with Crippen molar-refractivity contribution in [1.29, 1.82) is 0 Å². The van der Waals surface area contributed by atoms with Crippen LogP contribution in [0.25, 0.3) is 16.9 Å². The molecule has 1 fully saturated rings.